The number of alkyl halides is 3. The van der Waals surface area contributed by atoms with Crippen molar-refractivity contribution in [1.29, 1.82) is 0 Å². The molecule has 2 fully saturated rings. The van der Waals surface area contributed by atoms with Crippen molar-refractivity contribution in [1.82, 2.24) is 14.8 Å². The van der Waals surface area contributed by atoms with E-state index in [1.54, 1.807) is 30.3 Å². The molecule has 2 saturated heterocycles. The highest BCUT2D eigenvalue weighted by molar-refractivity contribution is 6.07. The maximum absolute atomic E-state index is 15.2. The van der Waals surface area contributed by atoms with Gasteiger partial charge in [0.2, 0.25) is 5.56 Å². The molecule has 2 aliphatic rings. The Morgan fingerprint density at radius 1 is 0.976 bits per heavy atom. The zero-order valence-electron chi connectivity index (χ0n) is 23.3. The van der Waals surface area contributed by atoms with Gasteiger partial charge in [0.15, 0.2) is 0 Å². The zero-order valence-corrected chi connectivity index (χ0v) is 23.3. The van der Waals surface area contributed by atoms with Crippen LogP contribution >= 0.6 is 0 Å². The van der Waals surface area contributed by atoms with Crippen molar-refractivity contribution in [3.05, 3.63) is 81.5 Å². The molecule has 3 aromatic rings. The SMILES string of the molecule is CCN1CCN(c2ccc(-c3cc(CN4CCOCC4)ccc3F)cc2NC(=O)c2c[nH]c(=O)cc2C(F)(F)F)CC1. The standard InChI is InChI=1S/C30H33F4N5O3/c1-2-37-7-9-39(10-8-37)27-6-4-21(22-15-20(3-5-25(22)31)19-38-11-13-42-14-12-38)16-26(27)36-29(41)23-18-35-28(40)17-24(23)30(32,33)34/h3-6,15-18H,2,7-14,19H2,1H3,(H,35,40)(H,36,41). The van der Waals surface area contributed by atoms with Gasteiger partial charge in [-0.3, -0.25) is 14.5 Å². The Hall–Kier alpha value is -3.74. The molecule has 8 nitrogen and oxygen atoms in total. The van der Waals surface area contributed by atoms with E-state index in [0.29, 0.717) is 55.7 Å². The molecule has 42 heavy (non-hydrogen) atoms. The highest BCUT2D eigenvalue weighted by atomic mass is 19.4. The first-order valence-electron chi connectivity index (χ1n) is 13.9. The monoisotopic (exact) mass is 587 g/mol. The molecule has 0 unspecified atom stereocenters. The first kappa shape index (κ1) is 29.7. The largest absolute Gasteiger partial charge is 0.417 e. The minimum absolute atomic E-state index is 0.250. The van der Waals surface area contributed by atoms with E-state index >= 15 is 4.39 Å². The summed E-state index contributed by atoms with van der Waals surface area (Å²) in [5, 5.41) is 2.63. The van der Waals surface area contributed by atoms with Crippen molar-refractivity contribution < 1.29 is 27.1 Å². The Morgan fingerprint density at radius 3 is 2.40 bits per heavy atom. The minimum atomic E-state index is -4.91. The quantitative estimate of drug-likeness (QED) is 0.399. The number of rotatable bonds is 7. The lowest BCUT2D eigenvalue weighted by Crippen LogP contribution is -2.46. The third-order valence-electron chi connectivity index (χ3n) is 7.73. The summed E-state index contributed by atoms with van der Waals surface area (Å²) in [4.78, 5) is 33.6. The molecule has 224 valence electrons. The van der Waals surface area contributed by atoms with Crippen LogP contribution in [0.1, 0.15) is 28.4 Å². The van der Waals surface area contributed by atoms with Gasteiger partial charge in [-0.1, -0.05) is 19.1 Å². The number of likely N-dealkylation sites (N-methyl/N-ethyl adjacent to an activating group) is 1. The highest BCUT2D eigenvalue weighted by Crippen LogP contribution is 2.36. The van der Waals surface area contributed by atoms with Crippen LogP contribution in [0.4, 0.5) is 28.9 Å². The van der Waals surface area contributed by atoms with Gasteiger partial charge in [-0.05, 0) is 41.9 Å². The number of hydrogen-bond acceptors (Lipinski definition) is 6. The number of H-pyrrole nitrogens is 1. The summed E-state index contributed by atoms with van der Waals surface area (Å²) in [7, 11) is 0. The molecule has 2 aromatic carbocycles. The van der Waals surface area contributed by atoms with Crippen molar-refractivity contribution in [3.63, 3.8) is 0 Å². The number of piperazine rings is 1. The van der Waals surface area contributed by atoms with E-state index in [0.717, 1.165) is 44.5 Å². The number of aromatic amines is 1. The van der Waals surface area contributed by atoms with Gasteiger partial charge in [0, 0.05) is 63.6 Å². The summed E-state index contributed by atoms with van der Waals surface area (Å²) in [5.41, 5.74) is -0.457. The molecule has 0 spiro atoms. The normalized spacial score (nSPS) is 16.9. The van der Waals surface area contributed by atoms with Crippen molar-refractivity contribution in [2.24, 2.45) is 0 Å². The van der Waals surface area contributed by atoms with Crippen LogP contribution in [-0.2, 0) is 17.5 Å². The lowest BCUT2D eigenvalue weighted by atomic mass is 10.00. The first-order chi connectivity index (χ1) is 20.1. The number of carbonyl (C=O) groups is 1. The number of nitrogens with one attached hydrogen (secondary N) is 2. The van der Waals surface area contributed by atoms with Crippen LogP contribution in [0.15, 0.2) is 53.5 Å². The second-order valence-electron chi connectivity index (χ2n) is 10.4. The fourth-order valence-corrected chi connectivity index (χ4v) is 5.38. The molecule has 0 aliphatic carbocycles. The van der Waals surface area contributed by atoms with Gasteiger partial charge < -0.3 is 24.8 Å². The Morgan fingerprint density at radius 2 is 1.71 bits per heavy atom. The molecular weight excluding hydrogens is 554 g/mol. The maximum atomic E-state index is 15.2. The lowest BCUT2D eigenvalue weighted by molar-refractivity contribution is -0.138. The number of pyridine rings is 1. The van der Waals surface area contributed by atoms with Gasteiger partial charge in [0.05, 0.1) is 35.7 Å². The molecular formula is C30H33F4N5O3. The number of carbonyl (C=O) groups excluding carboxylic acids is 1. The third-order valence-corrected chi connectivity index (χ3v) is 7.73. The molecule has 0 atom stereocenters. The van der Waals surface area contributed by atoms with E-state index in [1.807, 2.05) is 4.90 Å². The molecule has 0 radical (unpaired) electrons. The number of halogens is 4. The Balaban J connectivity index is 1.50. The van der Waals surface area contributed by atoms with Gasteiger partial charge in [0.1, 0.15) is 5.82 Å². The molecule has 2 aliphatic heterocycles. The predicted octanol–water partition coefficient (Wildman–Crippen LogP) is 4.43. The number of morpholine rings is 1. The van der Waals surface area contributed by atoms with Gasteiger partial charge in [-0.25, -0.2) is 4.39 Å². The van der Waals surface area contributed by atoms with Crippen molar-refractivity contribution >= 4 is 17.3 Å². The highest BCUT2D eigenvalue weighted by Gasteiger charge is 2.36. The maximum Gasteiger partial charge on any atom is 0.417 e. The van der Waals surface area contributed by atoms with Crippen molar-refractivity contribution in [2.75, 3.05) is 69.2 Å². The van der Waals surface area contributed by atoms with Gasteiger partial charge >= 0.3 is 6.18 Å². The average Bonchev–Trinajstić information content (AvgIpc) is 2.98. The number of anilines is 2. The summed E-state index contributed by atoms with van der Waals surface area (Å²) in [6.07, 6.45) is -4.15. The van der Waals surface area contributed by atoms with Crippen LogP contribution < -0.4 is 15.8 Å². The molecule has 1 aromatic heterocycles. The van der Waals surface area contributed by atoms with E-state index in [4.69, 9.17) is 4.74 Å². The summed E-state index contributed by atoms with van der Waals surface area (Å²) in [6, 6.07) is 10.4. The number of amides is 1. The summed E-state index contributed by atoms with van der Waals surface area (Å²) in [5.74, 6) is -1.49. The molecule has 0 saturated carbocycles. The summed E-state index contributed by atoms with van der Waals surface area (Å²) >= 11 is 0. The summed E-state index contributed by atoms with van der Waals surface area (Å²) < 4.78 is 61.7. The number of benzene rings is 2. The predicted molar refractivity (Wildman–Crippen MR) is 152 cm³/mol. The van der Waals surface area contributed by atoms with Gasteiger partial charge in [-0.2, -0.15) is 13.2 Å². The number of hydrogen-bond donors (Lipinski definition) is 2. The molecule has 0 bridgehead atoms. The Kier molecular flexibility index (Phi) is 8.95. The second-order valence-corrected chi connectivity index (χ2v) is 10.4. The molecule has 1 amide bonds. The van der Waals surface area contributed by atoms with E-state index in [2.05, 4.69) is 27.0 Å². The van der Waals surface area contributed by atoms with Gasteiger partial charge in [-0.15, -0.1) is 0 Å². The molecule has 5 rings (SSSR count). The van der Waals surface area contributed by atoms with Crippen molar-refractivity contribution in [2.45, 2.75) is 19.6 Å². The van der Waals surface area contributed by atoms with Crippen LogP contribution in [-0.4, -0.2) is 79.7 Å². The average molecular weight is 588 g/mol. The minimum Gasteiger partial charge on any atom is -0.379 e. The zero-order chi connectivity index (χ0) is 29.9. The van der Waals surface area contributed by atoms with E-state index in [1.165, 1.54) is 6.07 Å². The Bertz CT molecular complexity index is 1480. The van der Waals surface area contributed by atoms with Crippen LogP contribution in [0.3, 0.4) is 0 Å². The van der Waals surface area contributed by atoms with E-state index < -0.39 is 34.6 Å². The smallest absolute Gasteiger partial charge is 0.379 e. The molecule has 3 heterocycles. The topological polar surface area (TPSA) is 80.9 Å². The second kappa shape index (κ2) is 12.6. The van der Waals surface area contributed by atoms with Crippen LogP contribution in [0.2, 0.25) is 0 Å². The fraction of sp³-hybridized carbons (Fsp3) is 0.400. The fourth-order valence-electron chi connectivity index (χ4n) is 5.38. The Labute approximate surface area is 240 Å². The van der Waals surface area contributed by atoms with Gasteiger partial charge in [0.25, 0.3) is 5.91 Å². The number of ether oxygens (including phenoxy) is 1. The van der Waals surface area contributed by atoms with Crippen molar-refractivity contribution in [3.8, 4) is 11.1 Å². The molecule has 2 N–H and O–H groups in total. The van der Waals surface area contributed by atoms with E-state index in [9.17, 15) is 22.8 Å². The number of nitrogens with zero attached hydrogens (tertiary/aromatic N) is 3. The van der Waals surface area contributed by atoms with Crippen LogP contribution in [0.5, 0.6) is 0 Å². The number of aromatic nitrogens is 1. The van der Waals surface area contributed by atoms with E-state index in [-0.39, 0.29) is 5.69 Å². The lowest BCUT2D eigenvalue weighted by Gasteiger charge is -2.36. The summed E-state index contributed by atoms with van der Waals surface area (Å²) in [6.45, 7) is 9.24. The van der Waals surface area contributed by atoms with Crippen LogP contribution in [0.25, 0.3) is 11.1 Å². The first-order valence-corrected chi connectivity index (χ1v) is 13.9. The molecule has 12 heteroatoms. The third kappa shape index (κ3) is 6.83. The van der Waals surface area contributed by atoms with Crippen LogP contribution in [0, 0.1) is 5.82 Å².